The first-order valence-corrected chi connectivity index (χ1v) is 10.2. The van der Waals surface area contributed by atoms with Gasteiger partial charge < -0.3 is 14.6 Å². The largest absolute Gasteiger partial charge is 0.508 e. The highest BCUT2D eigenvalue weighted by atomic mass is 32.2. The van der Waals surface area contributed by atoms with Gasteiger partial charge >= 0.3 is 0 Å². The van der Waals surface area contributed by atoms with Crippen molar-refractivity contribution in [1.29, 1.82) is 0 Å². The lowest BCUT2D eigenvalue weighted by Crippen LogP contribution is -2.42. The van der Waals surface area contributed by atoms with Crippen LogP contribution in [0.15, 0.2) is 42.5 Å². The number of thioether (sulfide) groups is 1. The van der Waals surface area contributed by atoms with Gasteiger partial charge in [-0.2, -0.15) is 0 Å². The third-order valence-electron chi connectivity index (χ3n) is 5.16. The molecule has 0 amide bonds. The number of Topliss-reactive ketones (excluding diaryl/α,β-unsaturated/α-hetero) is 1. The van der Waals surface area contributed by atoms with Gasteiger partial charge in [0.05, 0.1) is 11.7 Å². The van der Waals surface area contributed by atoms with Crippen LogP contribution < -0.4 is 9.47 Å². The van der Waals surface area contributed by atoms with E-state index in [1.807, 2.05) is 31.2 Å². The van der Waals surface area contributed by atoms with Crippen molar-refractivity contribution in [3.63, 3.8) is 0 Å². The summed E-state index contributed by atoms with van der Waals surface area (Å²) in [5.74, 6) is 1.81. The Morgan fingerprint density at radius 2 is 2.00 bits per heavy atom. The number of fused-ring (bicyclic) bond motifs is 1. The molecule has 146 valence electrons. The van der Waals surface area contributed by atoms with E-state index in [0.717, 1.165) is 47.2 Å². The first-order valence-electron chi connectivity index (χ1n) is 9.35. The molecule has 0 spiro atoms. The fraction of sp³-hybridized carbons (Fsp3) is 0.364. The average molecular weight is 398 g/mol. The van der Waals surface area contributed by atoms with Crippen molar-refractivity contribution in [1.82, 2.24) is 0 Å². The van der Waals surface area contributed by atoms with Crippen LogP contribution >= 0.6 is 11.8 Å². The Hall–Kier alpha value is -2.47. The van der Waals surface area contributed by atoms with Gasteiger partial charge in [-0.25, -0.2) is 0 Å². The van der Waals surface area contributed by atoms with Crippen LogP contribution in [0, 0.1) is 0 Å². The van der Waals surface area contributed by atoms with Crippen LogP contribution in [-0.4, -0.2) is 33.5 Å². The van der Waals surface area contributed by atoms with Crippen molar-refractivity contribution in [3.05, 3.63) is 53.6 Å². The molecule has 2 aromatic rings. The molecule has 5 nitrogen and oxygen atoms in total. The molecule has 1 N–H and O–H groups in total. The molecule has 0 saturated carbocycles. The van der Waals surface area contributed by atoms with Gasteiger partial charge in [0.1, 0.15) is 29.5 Å². The number of hydrogen-bond donors (Lipinski definition) is 1. The van der Waals surface area contributed by atoms with Gasteiger partial charge in [-0.05, 0) is 67.6 Å². The summed E-state index contributed by atoms with van der Waals surface area (Å²) in [5.41, 5.74) is 1.59. The minimum atomic E-state index is -0.435. The number of aromatic hydroxyl groups is 1. The molecule has 2 aliphatic heterocycles. The topological polar surface area (TPSA) is 72.8 Å². The Balaban J connectivity index is 1.34. The van der Waals surface area contributed by atoms with Crippen molar-refractivity contribution >= 4 is 22.7 Å². The maximum Gasteiger partial charge on any atom is 0.197 e. The van der Waals surface area contributed by atoms with Gasteiger partial charge in [-0.3, -0.25) is 9.59 Å². The number of aryl methyl sites for hydroxylation is 1. The lowest BCUT2D eigenvalue weighted by atomic mass is 9.93. The second-order valence-electron chi connectivity index (χ2n) is 7.60. The summed E-state index contributed by atoms with van der Waals surface area (Å²) in [6.07, 6.45) is 2.25. The van der Waals surface area contributed by atoms with E-state index in [2.05, 4.69) is 0 Å². The standard InChI is InChI=1S/C22H22O5S/c1-22(9-8-15-11-16(23)4-7-19(15)27-22)13-26-17-5-2-14(3-6-17)10-20-18(24)12-21(25)28-20/h2-7,11,20,23H,8-10,12-13H2,1H3. The Morgan fingerprint density at radius 1 is 1.21 bits per heavy atom. The van der Waals surface area contributed by atoms with E-state index in [-0.39, 0.29) is 28.3 Å². The molecule has 2 heterocycles. The van der Waals surface area contributed by atoms with Crippen LogP contribution in [0.3, 0.4) is 0 Å². The van der Waals surface area contributed by atoms with Gasteiger partial charge in [-0.15, -0.1) is 0 Å². The van der Waals surface area contributed by atoms with Crippen LogP contribution in [0.25, 0.3) is 0 Å². The molecule has 2 atom stereocenters. The van der Waals surface area contributed by atoms with E-state index in [9.17, 15) is 14.7 Å². The maximum absolute atomic E-state index is 11.8. The van der Waals surface area contributed by atoms with Crippen molar-refractivity contribution in [2.45, 2.75) is 43.5 Å². The molecule has 0 radical (unpaired) electrons. The Bertz CT molecular complexity index is 908. The van der Waals surface area contributed by atoms with Gasteiger partial charge in [-0.1, -0.05) is 23.9 Å². The van der Waals surface area contributed by atoms with Gasteiger partial charge in [0.2, 0.25) is 0 Å². The van der Waals surface area contributed by atoms with Crippen LogP contribution in [0.1, 0.15) is 30.9 Å². The summed E-state index contributed by atoms with van der Waals surface area (Å²) >= 11 is 1.14. The average Bonchev–Trinajstić information content (AvgIpc) is 2.98. The number of benzene rings is 2. The zero-order valence-corrected chi connectivity index (χ0v) is 16.5. The molecular weight excluding hydrogens is 376 g/mol. The van der Waals surface area contributed by atoms with Gasteiger partial charge in [0.25, 0.3) is 0 Å². The van der Waals surface area contributed by atoms with Crippen LogP contribution in [0.5, 0.6) is 17.2 Å². The summed E-state index contributed by atoms with van der Waals surface area (Å²) in [4.78, 5) is 23.1. The summed E-state index contributed by atoms with van der Waals surface area (Å²) in [7, 11) is 0. The molecule has 0 aromatic heterocycles. The molecule has 4 rings (SSSR count). The lowest BCUT2D eigenvalue weighted by Gasteiger charge is -2.35. The summed E-state index contributed by atoms with van der Waals surface area (Å²) in [5, 5.41) is 9.30. The van der Waals surface area contributed by atoms with E-state index >= 15 is 0 Å². The Labute approximate surface area is 168 Å². The smallest absolute Gasteiger partial charge is 0.197 e. The quantitative estimate of drug-likeness (QED) is 0.775. The Morgan fingerprint density at radius 3 is 2.71 bits per heavy atom. The predicted molar refractivity (Wildman–Crippen MR) is 107 cm³/mol. The molecule has 0 bridgehead atoms. The number of ketones is 1. The zero-order chi connectivity index (χ0) is 19.7. The van der Waals surface area contributed by atoms with Crippen molar-refractivity contribution in [3.8, 4) is 17.2 Å². The maximum atomic E-state index is 11.8. The minimum Gasteiger partial charge on any atom is -0.508 e. The third-order valence-corrected chi connectivity index (χ3v) is 6.28. The fourth-order valence-corrected chi connectivity index (χ4v) is 4.56. The summed E-state index contributed by atoms with van der Waals surface area (Å²) in [6.45, 7) is 2.44. The van der Waals surface area contributed by atoms with Gasteiger partial charge in [0, 0.05) is 0 Å². The normalized spacial score (nSPS) is 24.0. The molecule has 2 aliphatic rings. The van der Waals surface area contributed by atoms with E-state index < -0.39 is 5.60 Å². The van der Waals surface area contributed by atoms with Crippen molar-refractivity contribution in [2.24, 2.45) is 0 Å². The number of carbonyl (C=O) groups is 2. The number of phenolic OH excluding ortho intramolecular Hbond substituents is 1. The fourth-order valence-electron chi connectivity index (χ4n) is 3.53. The molecule has 1 saturated heterocycles. The molecule has 1 fully saturated rings. The lowest BCUT2D eigenvalue weighted by molar-refractivity contribution is -0.121. The highest BCUT2D eigenvalue weighted by molar-refractivity contribution is 8.15. The molecule has 2 aromatic carbocycles. The first-order chi connectivity index (χ1) is 13.4. The van der Waals surface area contributed by atoms with E-state index in [4.69, 9.17) is 9.47 Å². The predicted octanol–water partition coefficient (Wildman–Crippen LogP) is 3.70. The van der Waals surface area contributed by atoms with Gasteiger partial charge in [0.15, 0.2) is 10.9 Å². The van der Waals surface area contributed by atoms with E-state index in [1.54, 1.807) is 18.2 Å². The second kappa shape index (κ2) is 7.51. The number of phenols is 1. The SMILES string of the molecule is CC1(COc2ccc(CC3SC(=O)CC3=O)cc2)CCc2cc(O)ccc2O1. The number of carbonyl (C=O) groups excluding carboxylic acids is 2. The number of ether oxygens (including phenoxy) is 2. The van der Waals surface area contributed by atoms with E-state index in [1.165, 1.54) is 0 Å². The summed E-state index contributed by atoms with van der Waals surface area (Å²) < 4.78 is 12.1. The minimum absolute atomic E-state index is 0.0197. The molecule has 2 unspecified atom stereocenters. The number of hydrogen-bond acceptors (Lipinski definition) is 6. The monoisotopic (exact) mass is 398 g/mol. The highest BCUT2D eigenvalue weighted by Crippen LogP contribution is 2.35. The molecule has 0 aliphatic carbocycles. The van der Waals surface area contributed by atoms with Crippen LogP contribution in [0.2, 0.25) is 0 Å². The third kappa shape index (κ3) is 4.17. The second-order valence-corrected chi connectivity index (χ2v) is 8.86. The first kappa shape index (κ1) is 18.9. The van der Waals surface area contributed by atoms with Crippen molar-refractivity contribution < 1.29 is 24.2 Å². The molecule has 28 heavy (non-hydrogen) atoms. The van der Waals surface area contributed by atoms with E-state index in [0.29, 0.717) is 13.0 Å². The zero-order valence-electron chi connectivity index (χ0n) is 15.6. The highest BCUT2D eigenvalue weighted by Gasteiger charge is 2.33. The number of rotatable bonds is 5. The summed E-state index contributed by atoms with van der Waals surface area (Å²) in [6, 6.07) is 12.8. The van der Waals surface area contributed by atoms with Crippen LogP contribution in [-0.2, 0) is 22.4 Å². The van der Waals surface area contributed by atoms with Crippen LogP contribution in [0.4, 0.5) is 0 Å². The molecular formula is C22H22O5S. The Kier molecular flexibility index (Phi) is 5.06. The van der Waals surface area contributed by atoms with Crippen molar-refractivity contribution in [2.75, 3.05) is 6.61 Å². The molecule has 6 heteroatoms.